The lowest BCUT2D eigenvalue weighted by atomic mass is 9.96. The first-order valence-corrected chi connectivity index (χ1v) is 10.2. The van der Waals surface area contributed by atoms with Gasteiger partial charge in [0.05, 0.1) is 12.9 Å². The van der Waals surface area contributed by atoms with Crippen LogP contribution in [0.4, 0.5) is 14.6 Å². The van der Waals surface area contributed by atoms with Gasteiger partial charge in [0.1, 0.15) is 24.1 Å². The molecule has 1 aliphatic rings. The quantitative estimate of drug-likeness (QED) is 0.523. The largest absolute Gasteiger partial charge is 0.386 e. The predicted molar refractivity (Wildman–Crippen MR) is 105 cm³/mol. The first-order chi connectivity index (χ1) is 14.5. The van der Waals surface area contributed by atoms with Crippen molar-refractivity contribution in [3.63, 3.8) is 0 Å². The Morgan fingerprint density at radius 2 is 1.97 bits per heavy atom. The zero-order chi connectivity index (χ0) is 21.7. The molecule has 0 amide bonds. The molecule has 3 rings (SSSR count). The molecular weight excluding hydrogens is 400 g/mol. The molecule has 0 unspecified atom stereocenters. The number of rotatable bonds is 11. The van der Waals surface area contributed by atoms with Crippen molar-refractivity contribution in [2.24, 2.45) is 0 Å². The molecule has 1 fully saturated rings. The summed E-state index contributed by atoms with van der Waals surface area (Å²) in [6.45, 7) is 4.07. The number of hydrogen-bond acceptors (Lipinski definition) is 8. The second kappa shape index (κ2) is 9.90. The van der Waals surface area contributed by atoms with Crippen molar-refractivity contribution < 1.29 is 28.1 Å². The van der Waals surface area contributed by atoms with Crippen molar-refractivity contribution >= 4 is 17.0 Å². The van der Waals surface area contributed by atoms with Crippen LogP contribution in [0.1, 0.15) is 45.8 Å². The molecule has 0 radical (unpaired) electrons. The number of ether oxygens (including phenoxy) is 3. The number of nitrogens with two attached hydrogens (primary N) is 1. The molecule has 168 valence electrons. The van der Waals surface area contributed by atoms with Gasteiger partial charge in [-0.1, -0.05) is 26.7 Å². The van der Waals surface area contributed by atoms with Gasteiger partial charge in [0.15, 0.2) is 23.3 Å². The van der Waals surface area contributed by atoms with Gasteiger partial charge in [0.2, 0.25) is 0 Å². The lowest BCUT2D eigenvalue weighted by molar-refractivity contribution is -0.211. The van der Waals surface area contributed by atoms with E-state index in [1.165, 1.54) is 17.2 Å². The molecule has 2 aromatic rings. The molecule has 2 aromatic heterocycles. The molecule has 3 N–H and O–H groups in total. The van der Waals surface area contributed by atoms with Crippen molar-refractivity contribution in [1.82, 2.24) is 19.5 Å². The van der Waals surface area contributed by atoms with Crippen LogP contribution in [0.25, 0.3) is 11.2 Å². The fourth-order valence-electron chi connectivity index (χ4n) is 3.50. The van der Waals surface area contributed by atoms with Crippen LogP contribution < -0.4 is 5.73 Å². The summed E-state index contributed by atoms with van der Waals surface area (Å²) in [7, 11) is 0. The van der Waals surface area contributed by atoms with Gasteiger partial charge < -0.3 is 25.1 Å². The molecule has 1 saturated heterocycles. The number of aliphatic hydroxyl groups is 1. The van der Waals surface area contributed by atoms with Crippen LogP contribution in [0.5, 0.6) is 0 Å². The van der Waals surface area contributed by atoms with Crippen LogP contribution in [-0.2, 0) is 14.2 Å². The van der Waals surface area contributed by atoms with Crippen LogP contribution in [-0.4, -0.2) is 68.7 Å². The zero-order valence-corrected chi connectivity index (χ0v) is 17.2. The number of aromatic nitrogens is 4. The van der Waals surface area contributed by atoms with Crippen molar-refractivity contribution in [1.29, 1.82) is 0 Å². The number of nitrogens with zero attached hydrogens (tertiary/aromatic N) is 4. The van der Waals surface area contributed by atoms with Crippen LogP contribution in [0, 0.1) is 0 Å². The minimum atomic E-state index is -2.94. The normalized spacial score (nSPS) is 26.8. The number of unbranched alkanes of at least 4 members (excludes halogenated alkanes) is 2. The Morgan fingerprint density at radius 1 is 1.23 bits per heavy atom. The van der Waals surface area contributed by atoms with E-state index in [1.54, 1.807) is 0 Å². The number of nitrogen functional groups attached to an aromatic ring is 1. The summed E-state index contributed by atoms with van der Waals surface area (Å²) < 4.78 is 47.2. The average molecular weight is 429 g/mol. The minimum absolute atomic E-state index is 0.144. The summed E-state index contributed by atoms with van der Waals surface area (Å²) in [5, 5.41) is 11.0. The molecule has 3 heterocycles. The second-order valence-electron chi connectivity index (χ2n) is 7.39. The molecule has 0 bridgehead atoms. The van der Waals surface area contributed by atoms with Gasteiger partial charge in [-0.25, -0.2) is 23.7 Å². The van der Waals surface area contributed by atoms with Gasteiger partial charge in [-0.15, -0.1) is 0 Å². The summed E-state index contributed by atoms with van der Waals surface area (Å²) in [6.07, 6.45) is -1.15. The fourth-order valence-corrected chi connectivity index (χ4v) is 3.50. The predicted octanol–water partition coefficient (Wildman–Crippen LogP) is 2.30. The number of alkyl halides is 2. The highest BCUT2D eigenvalue weighted by Gasteiger charge is 2.62. The third-order valence-corrected chi connectivity index (χ3v) is 5.22. The minimum Gasteiger partial charge on any atom is -0.386 e. The van der Waals surface area contributed by atoms with E-state index in [4.69, 9.17) is 19.9 Å². The van der Waals surface area contributed by atoms with Crippen molar-refractivity contribution in [3.05, 3.63) is 12.7 Å². The van der Waals surface area contributed by atoms with E-state index < -0.39 is 37.1 Å². The van der Waals surface area contributed by atoms with Crippen LogP contribution >= 0.6 is 0 Å². The lowest BCUT2D eigenvalue weighted by Crippen LogP contribution is -2.54. The highest BCUT2D eigenvalue weighted by atomic mass is 19.3. The topological polar surface area (TPSA) is 118 Å². The van der Waals surface area contributed by atoms with Gasteiger partial charge >= 0.3 is 0 Å². The second-order valence-corrected chi connectivity index (χ2v) is 7.39. The summed E-state index contributed by atoms with van der Waals surface area (Å²) in [5.41, 5.74) is 4.26. The van der Waals surface area contributed by atoms with Crippen LogP contribution in [0.2, 0.25) is 0 Å². The Kier molecular flexibility index (Phi) is 7.50. The SMILES string of the molecule is CCCCOC[C@@]1(C(F)F)O[C@@H](n2cnc3c(N)ncnc32)[C@H](O)[C@@H]1OCCCC. The first kappa shape index (κ1) is 22.7. The number of aliphatic hydroxyl groups excluding tert-OH is 1. The smallest absolute Gasteiger partial charge is 0.272 e. The molecule has 0 aliphatic carbocycles. The molecule has 1 aliphatic heterocycles. The lowest BCUT2D eigenvalue weighted by Gasteiger charge is -2.33. The standard InChI is InChI=1S/C19H29F2N5O4/c1-3-5-7-28-9-19(18(20)21)14(29-8-6-4-2)13(27)17(30-19)26-11-25-12-15(22)23-10-24-16(12)26/h10-11,13-14,17-18,27H,3-9H2,1-2H3,(H2,22,23,24)/t13-,14+,17-,19-/m1/s1. The first-order valence-electron chi connectivity index (χ1n) is 10.2. The van der Waals surface area contributed by atoms with E-state index in [1.807, 2.05) is 13.8 Å². The van der Waals surface area contributed by atoms with E-state index in [9.17, 15) is 13.9 Å². The Bertz CT molecular complexity index is 823. The van der Waals surface area contributed by atoms with E-state index in [-0.39, 0.29) is 18.1 Å². The van der Waals surface area contributed by atoms with Gasteiger partial charge in [-0.05, 0) is 12.8 Å². The molecule has 0 saturated carbocycles. The maximum absolute atomic E-state index is 14.4. The van der Waals surface area contributed by atoms with Crippen molar-refractivity contribution in [2.45, 2.75) is 70.0 Å². The molecule has 9 nitrogen and oxygen atoms in total. The zero-order valence-electron chi connectivity index (χ0n) is 17.2. The monoisotopic (exact) mass is 429 g/mol. The third-order valence-electron chi connectivity index (χ3n) is 5.22. The van der Waals surface area contributed by atoms with Crippen molar-refractivity contribution in [2.75, 3.05) is 25.6 Å². The number of imidazole rings is 1. The molecule has 30 heavy (non-hydrogen) atoms. The number of hydrogen-bond donors (Lipinski definition) is 2. The van der Waals surface area contributed by atoms with Crippen LogP contribution in [0.3, 0.4) is 0 Å². The third kappa shape index (κ3) is 4.25. The van der Waals surface area contributed by atoms with E-state index in [0.29, 0.717) is 18.5 Å². The molecule has 0 aromatic carbocycles. The number of anilines is 1. The summed E-state index contributed by atoms with van der Waals surface area (Å²) >= 11 is 0. The molecule has 4 atom stereocenters. The number of fused-ring (bicyclic) bond motifs is 1. The van der Waals surface area contributed by atoms with E-state index in [0.717, 1.165) is 19.3 Å². The van der Waals surface area contributed by atoms with Gasteiger partial charge in [-0.2, -0.15) is 0 Å². The highest BCUT2D eigenvalue weighted by Crippen LogP contribution is 2.44. The Morgan fingerprint density at radius 3 is 2.67 bits per heavy atom. The Hall–Kier alpha value is -1.95. The highest BCUT2D eigenvalue weighted by molar-refractivity contribution is 5.81. The van der Waals surface area contributed by atoms with Gasteiger partial charge in [0.25, 0.3) is 6.43 Å². The van der Waals surface area contributed by atoms with Crippen LogP contribution in [0.15, 0.2) is 12.7 Å². The van der Waals surface area contributed by atoms with Gasteiger partial charge in [0, 0.05) is 13.2 Å². The average Bonchev–Trinajstić information content (AvgIpc) is 3.27. The fraction of sp³-hybridized carbons (Fsp3) is 0.737. The maximum Gasteiger partial charge on any atom is 0.272 e. The molecular formula is C19H29F2N5O4. The Balaban J connectivity index is 1.94. The Labute approximate surface area is 173 Å². The van der Waals surface area contributed by atoms with Crippen molar-refractivity contribution in [3.8, 4) is 0 Å². The van der Waals surface area contributed by atoms with Gasteiger partial charge in [-0.3, -0.25) is 4.57 Å². The summed E-state index contributed by atoms with van der Waals surface area (Å²) in [4.78, 5) is 12.1. The molecule has 11 heteroatoms. The molecule has 0 spiro atoms. The van der Waals surface area contributed by atoms with E-state index in [2.05, 4.69) is 15.0 Å². The van der Waals surface area contributed by atoms with E-state index >= 15 is 0 Å². The number of halogens is 2. The summed E-state index contributed by atoms with van der Waals surface area (Å²) in [5.74, 6) is 0.144. The maximum atomic E-state index is 14.4. The summed E-state index contributed by atoms with van der Waals surface area (Å²) in [6, 6.07) is 0.